The highest BCUT2D eigenvalue weighted by Gasteiger charge is 2.28. The monoisotopic (exact) mass is 496 g/mol. The van der Waals surface area contributed by atoms with Crippen molar-refractivity contribution in [2.75, 3.05) is 16.8 Å². The number of hydrogen-bond acceptors (Lipinski definition) is 6. The van der Waals surface area contributed by atoms with Gasteiger partial charge in [-0.25, -0.2) is 14.2 Å². The summed E-state index contributed by atoms with van der Waals surface area (Å²) in [7, 11) is 0. The van der Waals surface area contributed by atoms with Gasteiger partial charge in [0.2, 0.25) is 5.95 Å². The number of carbonyl (C=O) groups is 1. The molecular formula is C30H29FN4O2. The van der Waals surface area contributed by atoms with Crippen molar-refractivity contribution in [3.05, 3.63) is 106 Å². The van der Waals surface area contributed by atoms with Crippen molar-refractivity contribution in [3.8, 4) is 5.75 Å². The second-order valence-electron chi connectivity index (χ2n) is 9.45. The van der Waals surface area contributed by atoms with Gasteiger partial charge in [-0.1, -0.05) is 23.8 Å². The van der Waals surface area contributed by atoms with Gasteiger partial charge < -0.3 is 15.0 Å². The van der Waals surface area contributed by atoms with E-state index in [0.717, 1.165) is 41.2 Å². The molecule has 6 nitrogen and oxygen atoms in total. The zero-order valence-electron chi connectivity index (χ0n) is 21.4. The van der Waals surface area contributed by atoms with E-state index < -0.39 is 0 Å². The van der Waals surface area contributed by atoms with Crippen LogP contribution in [0.25, 0.3) is 0 Å². The molecular weight excluding hydrogens is 467 g/mol. The number of benzene rings is 3. The predicted molar refractivity (Wildman–Crippen MR) is 143 cm³/mol. The average Bonchev–Trinajstić information content (AvgIpc) is 2.88. The number of anilines is 3. The van der Waals surface area contributed by atoms with Gasteiger partial charge in [0, 0.05) is 23.5 Å². The number of esters is 1. The maximum atomic E-state index is 13.3. The van der Waals surface area contributed by atoms with Crippen LogP contribution in [-0.2, 0) is 6.42 Å². The maximum absolute atomic E-state index is 13.3. The molecule has 37 heavy (non-hydrogen) atoms. The Bertz CT molecular complexity index is 1450. The van der Waals surface area contributed by atoms with E-state index in [1.807, 2.05) is 51.1 Å². The first-order valence-corrected chi connectivity index (χ1v) is 12.3. The lowest BCUT2D eigenvalue weighted by molar-refractivity contribution is 0.0734. The number of aryl methyl sites for hydroxylation is 2. The van der Waals surface area contributed by atoms with Gasteiger partial charge >= 0.3 is 5.97 Å². The molecule has 0 spiro atoms. The third-order valence-corrected chi connectivity index (χ3v) is 6.89. The molecule has 0 amide bonds. The summed E-state index contributed by atoms with van der Waals surface area (Å²) in [5.74, 6) is 1.16. The summed E-state index contributed by atoms with van der Waals surface area (Å²) in [5, 5.41) is 3.19. The molecule has 1 aliphatic rings. The number of nitrogens with zero attached hydrogens (tertiary/aromatic N) is 3. The predicted octanol–water partition coefficient (Wildman–Crippen LogP) is 6.63. The lowest BCUT2D eigenvalue weighted by Gasteiger charge is -2.37. The van der Waals surface area contributed by atoms with Crippen LogP contribution in [0, 0.1) is 26.6 Å². The molecule has 0 saturated carbocycles. The fourth-order valence-corrected chi connectivity index (χ4v) is 4.61. The van der Waals surface area contributed by atoms with E-state index >= 15 is 0 Å². The zero-order valence-corrected chi connectivity index (χ0v) is 21.4. The molecule has 1 unspecified atom stereocenters. The Morgan fingerprint density at radius 2 is 1.73 bits per heavy atom. The molecule has 188 valence electrons. The number of halogens is 1. The minimum atomic E-state index is -0.376. The van der Waals surface area contributed by atoms with Gasteiger partial charge in [-0.3, -0.25) is 0 Å². The standard InChI is InChI=1S/C30H29FN4O2/c1-18-5-7-23(8-6-18)29(36)37-26-14-9-22-15-16-35(21(4)27(22)17-26)28-19(2)20(3)32-30(34-28)33-25-12-10-24(31)11-13-25/h5-14,17,21H,15-16H2,1-4H3,(H,32,33,34). The van der Waals surface area contributed by atoms with Crippen molar-refractivity contribution < 1.29 is 13.9 Å². The number of aromatic nitrogens is 2. The summed E-state index contributed by atoms with van der Waals surface area (Å²) in [6.07, 6.45) is 0.842. The van der Waals surface area contributed by atoms with Crippen LogP contribution in [-0.4, -0.2) is 22.5 Å². The van der Waals surface area contributed by atoms with E-state index in [9.17, 15) is 9.18 Å². The Morgan fingerprint density at radius 3 is 2.46 bits per heavy atom. The Morgan fingerprint density at radius 1 is 1.00 bits per heavy atom. The lowest BCUT2D eigenvalue weighted by atomic mass is 9.93. The molecule has 2 heterocycles. The van der Waals surface area contributed by atoms with Crippen LogP contribution in [0.1, 0.15) is 51.3 Å². The summed E-state index contributed by atoms with van der Waals surface area (Å²) in [5.41, 5.74) is 6.52. The summed E-state index contributed by atoms with van der Waals surface area (Å²) >= 11 is 0. The number of hydrogen-bond donors (Lipinski definition) is 1. The molecule has 1 aliphatic heterocycles. The van der Waals surface area contributed by atoms with Crippen molar-refractivity contribution in [2.45, 2.75) is 40.2 Å². The molecule has 0 saturated heterocycles. The number of rotatable bonds is 5. The fourth-order valence-electron chi connectivity index (χ4n) is 4.61. The molecule has 5 rings (SSSR count). The number of carbonyl (C=O) groups excluding carboxylic acids is 1. The van der Waals surface area contributed by atoms with Gasteiger partial charge in [-0.15, -0.1) is 0 Å². The van der Waals surface area contributed by atoms with Gasteiger partial charge in [-0.2, -0.15) is 4.98 Å². The van der Waals surface area contributed by atoms with Crippen LogP contribution in [0.2, 0.25) is 0 Å². The van der Waals surface area contributed by atoms with Gasteiger partial charge in [0.25, 0.3) is 0 Å². The molecule has 0 bridgehead atoms. The second-order valence-corrected chi connectivity index (χ2v) is 9.45. The molecule has 1 N–H and O–H groups in total. The minimum absolute atomic E-state index is 0.00782. The average molecular weight is 497 g/mol. The van der Waals surface area contributed by atoms with Crippen molar-refractivity contribution in [2.24, 2.45) is 0 Å². The number of nitrogens with one attached hydrogen (secondary N) is 1. The molecule has 1 atom stereocenters. The highest BCUT2D eigenvalue weighted by molar-refractivity contribution is 5.91. The summed E-state index contributed by atoms with van der Waals surface area (Å²) in [4.78, 5) is 24.4. The first-order chi connectivity index (χ1) is 17.8. The third-order valence-electron chi connectivity index (χ3n) is 6.89. The smallest absolute Gasteiger partial charge is 0.343 e. The topological polar surface area (TPSA) is 67.3 Å². The van der Waals surface area contributed by atoms with E-state index in [-0.39, 0.29) is 17.8 Å². The van der Waals surface area contributed by atoms with E-state index in [2.05, 4.69) is 22.1 Å². The van der Waals surface area contributed by atoms with Crippen molar-refractivity contribution >= 4 is 23.4 Å². The quantitative estimate of drug-likeness (QED) is 0.247. The highest BCUT2D eigenvalue weighted by Crippen LogP contribution is 2.37. The van der Waals surface area contributed by atoms with Crippen LogP contribution < -0.4 is 15.0 Å². The zero-order chi connectivity index (χ0) is 26.1. The second kappa shape index (κ2) is 10.0. The minimum Gasteiger partial charge on any atom is -0.423 e. The Hall–Kier alpha value is -4.26. The Labute approximate surface area is 216 Å². The fraction of sp³-hybridized carbons (Fsp3) is 0.233. The van der Waals surface area contributed by atoms with Crippen molar-refractivity contribution in [1.29, 1.82) is 0 Å². The molecule has 0 radical (unpaired) electrons. The van der Waals surface area contributed by atoms with Crippen LogP contribution in [0.4, 0.5) is 21.8 Å². The summed E-state index contributed by atoms with van der Waals surface area (Å²) < 4.78 is 19.0. The van der Waals surface area contributed by atoms with Gasteiger partial charge in [0.15, 0.2) is 0 Å². The Kier molecular flexibility index (Phi) is 6.61. The van der Waals surface area contributed by atoms with Crippen LogP contribution in [0.15, 0.2) is 66.7 Å². The summed E-state index contributed by atoms with van der Waals surface area (Å²) in [6.45, 7) is 8.89. The maximum Gasteiger partial charge on any atom is 0.343 e. The summed E-state index contributed by atoms with van der Waals surface area (Å²) in [6, 6.07) is 19.3. The van der Waals surface area contributed by atoms with Crippen LogP contribution >= 0.6 is 0 Å². The largest absolute Gasteiger partial charge is 0.423 e. The van der Waals surface area contributed by atoms with Gasteiger partial charge in [0.05, 0.1) is 11.6 Å². The van der Waals surface area contributed by atoms with E-state index in [1.165, 1.54) is 17.7 Å². The number of fused-ring (bicyclic) bond motifs is 1. The van der Waals surface area contributed by atoms with Crippen LogP contribution in [0.3, 0.4) is 0 Å². The van der Waals surface area contributed by atoms with E-state index in [0.29, 0.717) is 22.9 Å². The Balaban J connectivity index is 1.40. The first-order valence-electron chi connectivity index (χ1n) is 12.3. The van der Waals surface area contributed by atoms with Gasteiger partial charge in [-0.05, 0) is 93.8 Å². The third kappa shape index (κ3) is 5.16. The van der Waals surface area contributed by atoms with Crippen molar-refractivity contribution in [1.82, 2.24) is 9.97 Å². The van der Waals surface area contributed by atoms with E-state index in [1.54, 1.807) is 24.3 Å². The molecule has 7 heteroatoms. The highest BCUT2D eigenvalue weighted by atomic mass is 19.1. The van der Waals surface area contributed by atoms with Crippen molar-refractivity contribution in [3.63, 3.8) is 0 Å². The molecule has 3 aromatic carbocycles. The van der Waals surface area contributed by atoms with Crippen LogP contribution in [0.5, 0.6) is 5.75 Å². The first kappa shape index (κ1) is 24.4. The number of ether oxygens (including phenoxy) is 1. The molecule has 0 aliphatic carbocycles. The normalized spacial score (nSPS) is 14.7. The SMILES string of the molecule is Cc1ccc(C(=O)Oc2ccc3c(c2)C(C)N(c2nc(Nc4ccc(F)cc4)nc(C)c2C)CC3)cc1. The molecule has 0 fully saturated rings. The van der Waals surface area contributed by atoms with Gasteiger partial charge in [0.1, 0.15) is 17.4 Å². The molecule has 1 aromatic heterocycles. The van der Waals surface area contributed by atoms with E-state index in [4.69, 9.17) is 9.72 Å². The molecule has 4 aromatic rings. The lowest BCUT2D eigenvalue weighted by Crippen LogP contribution is -2.35.